The number of alkyl halides is 6. The molecular weight excluding hydrogens is 556 g/mol. The Labute approximate surface area is 223 Å². The summed E-state index contributed by atoms with van der Waals surface area (Å²) in [5, 5.41) is 14.2. The predicted octanol–water partition coefficient (Wildman–Crippen LogP) is 3.51. The van der Waals surface area contributed by atoms with Crippen LogP contribution in [0.5, 0.6) is 5.88 Å². The summed E-state index contributed by atoms with van der Waals surface area (Å²) in [6, 6.07) is 11.3. The Morgan fingerprint density at radius 3 is 2.05 bits per heavy atom. The molecule has 4 heterocycles. The van der Waals surface area contributed by atoms with Crippen LogP contribution in [0.2, 0.25) is 0 Å². The molecule has 1 amide bonds. The lowest BCUT2D eigenvalue weighted by Gasteiger charge is -2.39. The maximum atomic E-state index is 12.7. The maximum Gasteiger partial charge on any atom is 0.490 e. The van der Waals surface area contributed by atoms with Crippen molar-refractivity contribution in [1.82, 2.24) is 14.9 Å². The van der Waals surface area contributed by atoms with Gasteiger partial charge in [0.2, 0.25) is 11.8 Å². The second kappa shape index (κ2) is 13.9. The number of aromatic nitrogens is 2. The van der Waals surface area contributed by atoms with Gasteiger partial charge in [-0.15, -0.1) is 0 Å². The smallest absolute Gasteiger partial charge is 0.475 e. The summed E-state index contributed by atoms with van der Waals surface area (Å²) in [6.45, 7) is 1.95. The molecule has 40 heavy (non-hydrogen) atoms. The van der Waals surface area contributed by atoms with Crippen LogP contribution in [0.25, 0.3) is 0 Å². The van der Waals surface area contributed by atoms with Crippen LogP contribution in [0.3, 0.4) is 0 Å². The third kappa shape index (κ3) is 10.7. The number of pyridine rings is 2. The van der Waals surface area contributed by atoms with Gasteiger partial charge in [0.25, 0.3) is 0 Å². The molecule has 10 nitrogen and oxygen atoms in total. The Hall–Kier alpha value is -3.95. The number of amides is 1. The Morgan fingerprint density at radius 2 is 1.55 bits per heavy atom. The summed E-state index contributed by atoms with van der Waals surface area (Å²) in [7, 11) is 0. The zero-order valence-corrected chi connectivity index (χ0v) is 20.7. The summed E-state index contributed by atoms with van der Waals surface area (Å²) in [5.74, 6) is -4.78. The molecule has 0 aromatic carbocycles. The molecule has 2 saturated heterocycles. The van der Waals surface area contributed by atoms with Gasteiger partial charge in [0.15, 0.2) is 0 Å². The second-order valence-electron chi connectivity index (χ2n) is 8.63. The number of piperidine rings is 1. The highest BCUT2D eigenvalue weighted by molar-refractivity contribution is 5.78. The van der Waals surface area contributed by atoms with Crippen molar-refractivity contribution in [2.24, 2.45) is 0 Å². The van der Waals surface area contributed by atoms with Crippen molar-refractivity contribution in [2.45, 2.75) is 49.7 Å². The first-order valence-corrected chi connectivity index (χ1v) is 11.6. The summed E-state index contributed by atoms with van der Waals surface area (Å²) in [5.41, 5.74) is 0.512. The number of hydrogen-bond acceptors (Lipinski definition) is 7. The molecule has 16 heteroatoms. The molecule has 0 aliphatic carbocycles. The van der Waals surface area contributed by atoms with Gasteiger partial charge in [0.05, 0.1) is 18.6 Å². The Kier molecular flexibility index (Phi) is 11.2. The van der Waals surface area contributed by atoms with Crippen LogP contribution in [0, 0.1) is 0 Å². The predicted molar refractivity (Wildman–Crippen MR) is 123 cm³/mol. The van der Waals surface area contributed by atoms with Crippen LogP contribution >= 0.6 is 0 Å². The van der Waals surface area contributed by atoms with Crippen molar-refractivity contribution in [2.75, 3.05) is 19.7 Å². The minimum atomic E-state index is -5.08. The SMILES string of the molecule is O=C(Cc1ccccn1)N1CCC[C@]2(C[C@@H](Oc3ccccn3)CO2)C1.O=C(O)C(F)(F)F.O=C(O)C(F)(F)F. The lowest BCUT2D eigenvalue weighted by Crippen LogP contribution is -2.50. The van der Waals surface area contributed by atoms with E-state index in [0.29, 0.717) is 25.5 Å². The fraction of sp³-hybridized carbons (Fsp3) is 0.458. The van der Waals surface area contributed by atoms with Crippen LogP contribution in [-0.4, -0.2) is 86.7 Å². The normalized spacial score (nSPS) is 20.4. The van der Waals surface area contributed by atoms with E-state index in [9.17, 15) is 31.1 Å². The van der Waals surface area contributed by atoms with E-state index in [4.69, 9.17) is 29.3 Å². The number of carbonyl (C=O) groups is 3. The van der Waals surface area contributed by atoms with Gasteiger partial charge < -0.3 is 24.6 Å². The first kappa shape index (κ1) is 32.3. The Morgan fingerprint density at radius 1 is 0.975 bits per heavy atom. The minimum Gasteiger partial charge on any atom is -0.475 e. The Bertz CT molecular complexity index is 1100. The lowest BCUT2D eigenvalue weighted by molar-refractivity contribution is -0.193. The van der Waals surface area contributed by atoms with Gasteiger partial charge in [-0.05, 0) is 31.0 Å². The number of halogens is 6. The Balaban J connectivity index is 0.000000333. The molecule has 4 rings (SSSR count). The topological polar surface area (TPSA) is 139 Å². The average Bonchev–Trinajstić information content (AvgIpc) is 3.26. The van der Waals surface area contributed by atoms with E-state index in [0.717, 1.165) is 31.5 Å². The third-order valence-electron chi connectivity index (χ3n) is 5.54. The molecule has 2 aliphatic heterocycles. The van der Waals surface area contributed by atoms with Gasteiger partial charge in [0, 0.05) is 43.7 Å². The fourth-order valence-corrected chi connectivity index (χ4v) is 3.83. The summed E-state index contributed by atoms with van der Waals surface area (Å²) < 4.78 is 75.6. The van der Waals surface area contributed by atoms with Gasteiger partial charge in [-0.3, -0.25) is 9.78 Å². The molecule has 2 aliphatic rings. The molecule has 2 N–H and O–H groups in total. The van der Waals surface area contributed by atoms with Crippen molar-refractivity contribution < 1.29 is 60.4 Å². The van der Waals surface area contributed by atoms with E-state index < -0.39 is 24.3 Å². The first-order chi connectivity index (χ1) is 18.6. The highest BCUT2D eigenvalue weighted by atomic mass is 19.4. The van der Waals surface area contributed by atoms with E-state index in [1.165, 1.54) is 0 Å². The van der Waals surface area contributed by atoms with Crippen LogP contribution in [0.1, 0.15) is 25.0 Å². The lowest BCUT2D eigenvalue weighted by atomic mass is 9.89. The van der Waals surface area contributed by atoms with Crippen molar-refractivity contribution in [3.05, 3.63) is 54.5 Å². The zero-order chi connectivity index (χ0) is 30.0. The number of carboxylic acids is 2. The van der Waals surface area contributed by atoms with Crippen LogP contribution < -0.4 is 4.74 Å². The highest BCUT2D eigenvalue weighted by Crippen LogP contribution is 2.36. The molecule has 0 bridgehead atoms. The van der Waals surface area contributed by atoms with Crippen molar-refractivity contribution in [3.63, 3.8) is 0 Å². The highest BCUT2D eigenvalue weighted by Gasteiger charge is 2.45. The van der Waals surface area contributed by atoms with Gasteiger partial charge >= 0.3 is 24.3 Å². The van der Waals surface area contributed by atoms with Crippen molar-refractivity contribution in [3.8, 4) is 5.88 Å². The number of likely N-dealkylation sites (tertiary alicyclic amines) is 1. The summed E-state index contributed by atoms with van der Waals surface area (Å²) >= 11 is 0. The molecule has 0 saturated carbocycles. The molecule has 2 aromatic rings. The molecule has 0 unspecified atom stereocenters. The molecule has 2 atom stereocenters. The summed E-state index contributed by atoms with van der Waals surface area (Å²) in [4.78, 5) is 40.9. The van der Waals surface area contributed by atoms with E-state index >= 15 is 0 Å². The molecule has 220 valence electrons. The van der Waals surface area contributed by atoms with Crippen LogP contribution in [0.4, 0.5) is 26.3 Å². The van der Waals surface area contributed by atoms with Gasteiger partial charge in [-0.1, -0.05) is 12.1 Å². The largest absolute Gasteiger partial charge is 0.490 e. The van der Waals surface area contributed by atoms with E-state index in [2.05, 4.69) is 9.97 Å². The van der Waals surface area contributed by atoms with E-state index in [-0.39, 0.29) is 17.6 Å². The van der Waals surface area contributed by atoms with E-state index in [1.807, 2.05) is 41.3 Å². The maximum absolute atomic E-state index is 12.7. The number of ether oxygens (including phenoxy) is 2. The van der Waals surface area contributed by atoms with Gasteiger partial charge in [0.1, 0.15) is 6.10 Å². The number of nitrogens with zero attached hydrogens (tertiary/aromatic N) is 3. The number of carbonyl (C=O) groups excluding carboxylic acids is 1. The van der Waals surface area contributed by atoms with Crippen molar-refractivity contribution >= 4 is 17.8 Å². The zero-order valence-electron chi connectivity index (χ0n) is 20.7. The molecule has 0 radical (unpaired) electrons. The van der Waals surface area contributed by atoms with Crippen molar-refractivity contribution in [1.29, 1.82) is 0 Å². The molecular formula is C24H25F6N3O7. The first-order valence-electron chi connectivity index (χ1n) is 11.6. The van der Waals surface area contributed by atoms with Gasteiger partial charge in [-0.2, -0.15) is 26.3 Å². The number of carboxylic acid groups (broad SMARTS) is 2. The van der Waals surface area contributed by atoms with E-state index in [1.54, 1.807) is 12.4 Å². The van der Waals surface area contributed by atoms with Gasteiger partial charge in [-0.25, -0.2) is 14.6 Å². The number of aliphatic carboxylic acids is 2. The van der Waals surface area contributed by atoms with Crippen LogP contribution in [0.15, 0.2) is 48.8 Å². The summed E-state index contributed by atoms with van der Waals surface area (Å²) in [6.07, 6.45) is -3.70. The van der Waals surface area contributed by atoms with Crippen LogP contribution in [-0.2, 0) is 25.5 Å². The quantitative estimate of drug-likeness (QED) is 0.520. The minimum absolute atomic E-state index is 0.0178. The molecule has 2 fully saturated rings. The molecule has 1 spiro atoms. The molecule has 2 aromatic heterocycles. The number of hydrogen-bond donors (Lipinski definition) is 2. The monoisotopic (exact) mass is 581 g/mol. The number of rotatable bonds is 4. The standard InChI is InChI=1S/C20H23N3O3.2C2HF3O2/c24-19(12-16-6-1-3-9-21-16)23-11-5-8-20(15-23)13-17(14-25-20)26-18-7-2-4-10-22-18;2*3-2(4,5)1(6)7/h1-4,6-7,9-10,17H,5,8,11-15H2;2*(H,6,7)/t17-,20+;;/m1../s1. The second-order valence-corrected chi connectivity index (χ2v) is 8.63. The average molecular weight is 581 g/mol. The fourth-order valence-electron chi connectivity index (χ4n) is 3.83. The third-order valence-corrected chi connectivity index (χ3v) is 5.54.